The van der Waals surface area contributed by atoms with Crippen LogP contribution in [0.5, 0.6) is 5.75 Å². The van der Waals surface area contributed by atoms with Crippen molar-refractivity contribution in [1.82, 2.24) is 14.8 Å². The van der Waals surface area contributed by atoms with Gasteiger partial charge < -0.3 is 10.2 Å². The molecule has 1 aliphatic rings. The van der Waals surface area contributed by atoms with Crippen LogP contribution in [0.25, 0.3) is 22.3 Å². The minimum atomic E-state index is -4.53. The van der Waals surface area contributed by atoms with Gasteiger partial charge in [-0.05, 0) is 56.0 Å². The Bertz CT molecular complexity index is 990. The zero-order valence-electron chi connectivity index (χ0n) is 14.5. The Balaban J connectivity index is 1.76. The highest BCUT2D eigenvalue weighted by Crippen LogP contribution is 2.39. The average molecular weight is 377 g/mol. The van der Waals surface area contributed by atoms with Gasteiger partial charge in [-0.2, -0.15) is 18.3 Å². The zero-order chi connectivity index (χ0) is 19.3. The van der Waals surface area contributed by atoms with E-state index < -0.39 is 23.6 Å². The fraction of sp³-hybridized carbons (Fsp3) is 0.368. The highest BCUT2D eigenvalue weighted by molar-refractivity contribution is 5.80. The minimum Gasteiger partial charge on any atom is -0.507 e. The highest BCUT2D eigenvalue weighted by atomic mass is 19.4. The first-order valence-corrected chi connectivity index (χ1v) is 8.69. The summed E-state index contributed by atoms with van der Waals surface area (Å²) in [4.78, 5) is 4.42. The fourth-order valence-corrected chi connectivity index (χ4v) is 3.72. The van der Waals surface area contributed by atoms with Gasteiger partial charge in [-0.25, -0.2) is 4.98 Å². The van der Waals surface area contributed by atoms with Gasteiger partial charge in [0.1, 0.15) is 5.75 Å². The molecule has 2 aromatic heterocycles. The summed E-state index contributed by atoms with van der Waals surface area (Å²) in [6.45, 7) is 1.50. The number of alkyl halides is 3. The second kappa shape index (κ2) is 6.23. The molecule has 0 aliphatic heterocycles. The number of aryl methyl sites for hydroxylation is 1. The molecule has 1 aliphatic carbocycles. The number of aromatic nitrogens is 3. The summed E-state index contributed by atoms with van der Waals surface area (Å²) in [6.07, 6.45) is -0.665. The normalized spacial score (nSPS) is 20.5. The second-order valence-corrected chi connectivity index (χ2v) is 6.97. The van der Waals surface area contributed by atoms with Gasteiger partial charge in [0.05, 0.1) is 23.4 Å². The van der Waals surface area contributed by atoms with Crippen molar-refractivity contribution in [3.05, 3.63) is 41.6 Å². The van der Waals surface area contributed by atoms with Crippen LogP contribution in [-0.2, 0) is 6.18 Å². The van der Waals surface area contributed by atoms with Crippen LogP contribution in [0.15, 0.2) is 30.5 Å². The molecular formula is C19H18F3N3O2. The van der Waals surface area contributed by atoms with Crippen LogP contribution in [0.1, 0.15) is 36.4 Å². The van der Waals surface area contributed by atoms with E-state index in [0.29, 0.717) is 17.4 Å². The molecule has 1 fully saturated rings. The molecule has 5 nitrogen and oxygen atoms in total. The summed E-state index contributed by atoms with van der Waals surface area (Å²) in [5.74, 6) is -0.472. The van der Waals surface area contributed by atoms with E-state index in [2.05, 4.69) is 10.1 Å². The van der Waals surface area contributed by atoms with Crippen molar-refractivity contribution in [2.75, 3.05) is 0 Å². The summed E-state index contributed by atoms with van der Waals surface area (Å²) >= 11 is 0. The van der Waals surface area contributed by atoms with Crippen LogP contribution >= 0.6 is 0 Å². The molecule has 0 spiro atoms. The van der Waals surface area contributed by atoms with Gasteiger partial charge in [-0.3, -0.25) is 4.68 Å². The first kappa shape index (κ1) is 17.8. The number of pyridine rings is 1. The predicted octanol–water partition coefficient (Wildman–Crippen LogP) is 4.22. The molecule has 4 rings (SSSR count). The van der Waals surface area contributed by atoms with Crippen molar-refractivity contribution >= 4 is 11.0 Å². The predicted molar refractivity (Wildman–Crippen MR) is 93.3 cm³/mol. The Hall–Kier alpha value is -2.61. The maximum Gasteiger partial charge on any atom is 0.416 e. The van der Waals surface area contributed by atoms with Crippen molar-refractivity contribution in [1.29, 1.82) is 0 Å². The Labute approximate surface area is 153 Å². The van der Waals surface area contributed by atoms with E-state index in [-0.39, 0.29) is 17.2 Å². The number of rotatable bonds is 2. The number of phenolic OH excluding ortho intramolecular Hbond substituents is 1. The Kier molecular flexibility index (Phi) is 4.10. The van der Waals surface area contributed by atoms with E-state index >= 15 is 0 Å². The highest BCUT2D eigenvalue weighted by Gasteiger charge is 2.32. The second-order valence-electron chi connectivity index (χ2n) is 6.97. The molecule has 1 unspecified atom stereocenters. The maximum absolute atomic E-state index is 12.9. The third-order valence-electron chi connectivity index (χ3n) is 5.07. The Morgan fingerprint density at radius 2 is 1.96 bits per heavy atom. The summed E-state index contributed by atoms with van der Waals surface area (Å²) in [6, 6.07) is 5.02. The average Bonchev–Trinajstić information content (AvgIpc) is 3.18. The lowest BCUT2D eigenvalue weighted by atomic mass is 10.00. The van der Waals surface area contributed by atoms with E-state index in [0.717, 1.165) is 30.7 Å². The molecule has 0 radical (unpaired) electrons. The van der Waals surface area contributed by atoms with E-state index in [1.807, 2.05) is 6.20 Å². The molecule has 8 heteroatoms. The molecule has 3 aromatic rings. The number of aliphatic hydroxyl groups excluding tert-OH is 1. The fourth-order valence-electron chi connectivity index (χ4n) is 3.72. The van der Waals surface area contributed by atoms with Gasteiger partial charge in [0, 0.05) is 17.1 Å². The van der Waals surface area contributed by atoms with Gasteiger partial charge >= 0.3 is 6.18 Å². The van der Waals surface area contributed by atoms with Crippen LogP contribution in [0.2, 0.25) is 0 Å². The first-order chi connectivity index (χ1) is 12.7. The molecule has 2 N–H and O–H groups in total. The number of nitrogens with zero attached hydrogens (tertiary/aromatic N) is 3. The third-order valence-corrected chi connectivity index (χ3v) is 5.07. The number of aromatic hydroxyl groups is 1. The monoisotopic (exact) mass is 377 g/mol. The largest absolute Gasteiger partial charge is 0.507 e. The number of phenols is 1. The van der Waals surface area contributed by atoms with E-state index in [4.69, 9.17) is 0 Å². The smallest absolute Gasteiger partial charge is 0.416 e. The summed E-state index contributed by atoms with van der Waals surface area (Å²) in [5.41, 5.74) is 0.399. The number of benzene rings is 1. The molecule has 0 bridgehead atoms. The molecule has 2 atom stereocenters. The Morgan fingerprint density at radius 1 is 1.19 bits per heavy atom. The zero-order valence-corrected chi connectivity index (χ0v) is 14.5. The van der Waals surface area contributed by atoms with Crippen molar-refractivity contribution in [2.24, 2.45) is 0 Å². The van der Waals surface area contributed by atoms with Crippen molar-refractivity contribution in [3.63, 3.8) is 0 Å². The number of fused-ring (bicyclic) bond motifs is 1. The van der Waals surface area contributed by atoms with Gasteiger partial charge in [0.25, 0.3) is 0 Å². The molecule has 1 aromatic carbocycles. The quantitative estimate of drug-likeness (QED) is 0.702. The molecule has 142 valence electrons. The molecule has 1 saturated carbocycles. The topological polar surface area (TPSA) is 71.2 Å². The first-order valence-electron chi connectivity index (χ1n) is 8.69. The van der Waals surface area contributed by atoms with Gasteiger partial charge in [-0.1, -0.05) is 0 Å². The minimum absolute atomic E-state index is 0.0937. The number of aliphatic hydroxyl groups is 1. The van der Waals surface area contributed by atoms with Crippen LogP contribution in [0.4, 0.5) is 13.2 Å². The van der Waals surface area contributed by atoms with Crippen LogP contribution in [0, 0.1) is 6.92 Å². The van der Waals surface area contributed by atoms with Crippen LogP contribution < -0.4 is 0 Å². The Morgan fingerprint density at radius 3 is 2.59 bits per heavy atom. The van der Waals surface area contributed by atoms with Crippen molar-refractivity contribution in [3.8, 4) is 17.0 Å². The van der Waals surface area contributed by atoms with E-state index in [1.165, 1.54) is 6.92 Å². The number of hydrogen-bond donors (Lipinski definition) is 2. The SMILES string of the molecule is Cc1cc(C(F)(F)F)cc(O)c1-c1ccc2cn(C3CCC[C@@H]3O)nc2n1. The van der Waals surface area contributed by atoms with E-state index in [9.17, 15) is 23.4 Å². The standard InChI is InChI=1S/C19H18F3N3O2/c1-10-7-12(19(20,21)22)8-16(27)17(10)13-6-5-11-9-25(24-18(11)23-13)14-3-2-4-15(14)26/h5-9,14-15,26-27H,2-4H2,1H3/t14?,15-/m0/s1. The number of halogens is 3. The summed E-state index contributed by atoms with van der Waals surface area (Å²) < 4.78 is 40.4. The third kappa shape index (κ3) is 3.14. The maximum atomic E-state index is 12.9. The van der Waals surface area contributed by atoms with E-state index in [1.54, 1.807) is 16.8 Å². The van der Waals surface area contributed by atoms with Crippen LogP contribution in [-0.4, -0.2) is 31.1 Å². The molecule has 27 heavy (non-hydrogen) atoms. The molecule has 0 amide bonds. The number of hydrogen-bond acceptors (Lipinski definition) is 4. The summed E-state index contributed by atoms with van der Waals surface area (Å²) in [7, 11) is 0. The van der Waals surface area contributed by atoms with Crippen molar-refractivity contribution < 1.29 is 23.4 Å². The van der Waals surface area contributed by atoms with Crippen LogP contribution in [0.3, 0.4) is 0 Å². The molecule has 2 heterocycles. The lowest BCUT2D eigenvalue weighted by Crippen LogP contribution is -2.18. The molecule has 0 saturated heterocycles. The molecular weight excluding hydrogens is 359 g/mol. The summed E-state index contributed by atoms with van der Waals surface area (Å²) in [5, 5.41) is 25.4. The van der Waals surface area contributed by atoms with Crippen molar-refractivity contribution in [2.45, 2.75) is 44.5 Å². The van der Waals surface area contributed by atoms with Gasteiger partial charge in [-0.15, -0.1) is 0 Å². The lowest BCUT2D eigenvalue weighted by molar-refractivity contribution is -0.137. The van der Waals surface area contributed by atoms with Gasteiger partial charge in [0.2, 0.25) is 0 Å². The van der Waals surface area contributed by atoms with Gasteiger partial charge in [0.15, 0.2) is 5.65 Å². The lowest BCUT2D eigenvalue weighted by Gasteiger charge is -2.14.